The van der Waals surface area contributed by atoms with Gasteiger partial charge in [-0.05, 0) is 175 Å². The molecule has 0 heterocycles. The number of aryl methyl sites for hydroxylation is 9. The summed E-state index contributed by atoms with van der Waals surface area (Å²) in [5.41, 5.74) is 19.2. The largest absolute Gasteiger partial charge is 4.00 e. The van der Waals surface area contributed by atoms with E-state index >= 15 is 0 Å². The quantitative estimate of drug-likeness (QED) is 0.112. The van der Waals surface area contributed by atoms with E-state index < -0.39 is 0 Å². The topological polar surface area (TPSA) is 106 Å². The van der Waals surface area contributed by atoms with Crippen LogP contribution in [0.2, 0.25) is 0 Å². The van der Waals surface area contributed by atoms with Gasteiger partial charge in [0.2, 0.25) is 0 Å². The van der Waals surface area contributed by atoms with Gasteiger partial charge in [-0.25, -0.2) is 0 Å². The van der Waals surface area contributed by atoms with Crippen LogP contribution in [-0.4, -0.2) is 68.2 Å². The molecule has 0 saturated heterocycles. The molecule has 0 N–H and O–H groups in total. The summed E-state index contributed by atoms with van der Waals surface area (Å²) in [6, 6.07) is 89.1. The van der Waals surface area contributed by atoms with E-state index in [1.807, 2.05) is 143 Å². The molecule has 0 aliphatic heterocycles. The van der Waals surface area contributed by atoms with Crippen LogP contribution >= 0.6 is 0 Å². The molecule has 13 aromatic carbocycles. The van der Waals surface area contributed by atoms with Gasteiger partial charge in [0.05, 0.1) is 11.4 Å². The molecule has 0 aromatic heterocycles. The average Bonchev–Trinajstić information content (AvgIpc) is 0.756. The molecular formula is C89H94N6O2V. The molecule has 0 fully saturated rings. The van der Waals surface area contributed by atoms with Crippen molar-refractivity contribution in [1.29, 1.82) is 0 Å². The fourth-order valence-corrected chi connectivity index (χ4v) is 12.0. The maximum Gasteiger partial charge on any atom is 4.00 e. The van der Waals surface area contributed by atoms with Crippen LogP contribution in [0.3, 0.4) is 0 Å². The molecule has 0 amide bonds. The molecule has 13 aromatic rings. The third-order valence-corrected chi connectivity index (χ3v) is 16.1. The Hall–Kier alpha value is -10.1. The van der Waals surface area contributed by atoms with Gasteiger partial charge < -0.3 is 30.6 Å². The molecule has 0 atom stereocenters. The molecule has 8 nitrogen and oxygen atoms in total. The van der Waals surface area contributed by atoms with E-state index in [0.29, 0.717) is 22.5 Å². The predicted molar refractivity (Wildman–Crippen MR) is 420 cm³/mol. The van der Waals surface area contributed by atoms with Crippen LogP contribution in [0, 0.1) is 62.3 Å². The number of fused-ring (bicyclic) bond motifs is 4. The Balaban J connectivity index is 0.000000222. The molecule has 0 aliphatic rings. The van der Waals surface area contributed by atoms with Gasteiger partial charge in [0, 0.05) is 61.8 Å². The van der Waals surface area contributed by atoms with Crippen LogP contribution in [0.4, 0.5) is 22.7 Å². The van der Waals surface area contributed by atoms with Crippen molar-refractivity contribution in [2.75, 3.05) is 66.2 Å². The second-order valence-electron chi connectivity index (χ2n) is 24.8. The molecule has 0 bridgehead atoms. The van der Waals surface area contributed by atoms with Gasteiger partial charge >= 0.3 is 18.6 Å². The summed E-state index contributed by atoms with van der Waals surface area (Å²) in [7, 11) is 15.2. The number of hydrogen-bond donors (Lipinski definition) is 0. The monoisotopic (exact) mass is 1330 g/mol. The fourth-order valence-electron chi connectivity index (χ4n) is 12.0. The van der Waals surface area contributed by atoms with E-state index in [4.69, 9.17) is 9.98 Å². The van der Waals surface area contributed by atoms with E-state index in [0.717, 1.165) is 110 Å². The first-order chi connectivity index (χ1) is 46.7. The van der Waals surface area contributed by atoms with Crippen molar-refractivity contribution in [3.8, 4) is 22.3 Å². The zero-order chi connectivity index (χ0) is 70.1. The number of aliphatic imine (C=N–C) groups is 2. The standard InChI is InChI=1S/2C32H30N2O.3C7H8.2C2H6N.V/c2*1-20-18-21(2)29(22(3)19-20)32(35)33-27-16-14-23-10-6-8-12-25(23)30(27)31-26-13-9-7-11-24(26)15-17-28(31)34(4)5;3*1-7-5-3-2-4-6-7;2*1-3-2;/h2*6-19H,1-5H3,(H,33,35);3*2-6H,1H3;2*1-2H3;/q;;;;;2*-1;+4/p-2. The zero-order valence-electron chi connectivity index (χ0n) is 60.3. The van der Waals surface area contributed by atoms with Crippen molar-refractivity contribution in [2.45, 2.75) is 62.3 Å². The van der Waals surface area contributed by atoms with Crippen LogP contribution < -0.4 is 20.0 Å². The van der Waals surface area contributed by atoms with Gasteiger partial charge in [-0.3, -0.25) is 9.98 Å². The first-order valence-electron chi connectivity index (χ1n) is 32.8. The second-order valence-corrected chi connectivity index (χ2v) is 24.8. The van der Waals surface area contributed by atoms with Crippen LogP contribution in [-0.2, 0) is 18.6 Å². The Bertz CT molecular complexity index is 4370. The van der Waals surface area contributed by atoms with Crippen molar-refractivity contribution < 1.29 is 28.8 Å². The maximum absolute atomic E-state index is 13.6. The summed E-state index contributed by atoms with van der Waals surface area (Å²) in [5, 5.41) is 43.2. The molecule has 0 aliphatic carbocycles. The number of nitrogens with zero attached hydrogens (tertiary/aromatic N) is 6. The maximum atomic E-state index is 13.6. The number of benzene rings is 13. The first-order valence-corrected chi connectivity index (χ1v) is 32.8. The molecular weight excluding hydrogens is 1240 g/mol. The minimum absolute atomic E-state index is 0. The summed E-state index contributed by atoms with van der Waals surface area (Å²) in [5.74, 6) is -0.411. The minimum atomic E-state index is -0.205. The van der Waals surface area contributed by atoms with E-state index in [9.17, 15) is 10.2 Å². The van der Waals surface area contributed by atoms with Gasteiger partial charge in [-0.2, -0.15) is 28.2 Å². The first kappa shape index (κ1) is 77.0. The Morgan fingerprint density at radius 2 is 0.510 bits per heavy atom. The summed E-state index contributed by atoms with van der Waals surface area (Å²) >= 11 is 0. The molecule has 0 spiro atoms. The SMILES string of the molecule is C[N-]C.C[N-]C.Cc1cc(C)c(C([O-])=Nc2ccc3ccccc3c2-c2c(N(C)C)ccc3ccccc23)c(C)c1.Cc1cc(C)c(C([O-])=Nc2ccc3ccccc3c2-c2c(N(C)C)ccc3ccccc23)c(C)c1.Cc1ccccc1.Cc1ccccc1.Cc1ccccc1.[V+4]. The van der Waals surface area contributed by atoms with Crippen molar-refractivity contribution >= 4 is 77.6 Å². The number of hydrogen-bond acceptors (Lipinski definition) is 6. The molecule has 13 rings (SSSR count). The van der Waals surface area contributed by atoms with Gasteiger partial charge in [-0.1, -0.05) is 264 Å². The van der Waals surface area contributed by atoms with Crippen molar-refractivity contribution in [2.24, 2.45) is 9.98 Å². The van der Waals surface area contributed by atoms with Crippen LogP contribution in [0.25, 0.3) is 76.0 Å². The van der Waals surface area contributed by atoms with E-state index in [2.05, 4.69) is 229 Å². The van der Waals surface area contributed by atoms with Crippen LogP contribution in [0.5, 0.6) is 0 Å². The normalized spacial score (nSPS) is 10.7. The average molecular weight is 1330 g/mol. The molecule has 98 heavy (non-hydrogen) atoms. The third-order valence-electron chi connectivity index (χ3n) is 16.1. The molecule has 0 saturated carbocycles. The third kappa shape index (κ3) is 20.5. The minimum Gasteiger partial charge on any atom is -0.858 e. The van der Waals surface area contributed by atoms with E-state index in [-0.39, 0.29) is 30.4 Å². The molecule has 0 unspecified atom stereocenters. The van der Waals surface area contributed by atoms with Crippen molar-refractivity contribution in [3.63, 3.8) is 0 Å². The summed E-state index contributed by atoms with van der Waals surface area (Å²) in [6.45, 7) is 18.3. The molecule has 9 heteroatoms. The smallest absolute Gasteiger partial charge is 0.858 e. The van der Waals surface area contributed by atoms with Crippen molar-refractivity contribution in [1.82, 2.24) is 0 Å². The van der Waals surface area contributed by atoms with Gasteiger partial charge in [0.25, 0.3) is 0 Å². The predicted octanol–water partition coefficient (Wildman–Crippen LogP) is 21.4. The van der Waals surface area contributed by atoms with Crippen LogP contribution in [0.15, 0.2) is 271 Å². The summed E-state index contributed by atoms with van der Waals surface area (Å²) in [6.07, 6.45) is 0. The molecule has 1 radical (unpaired) electrons. The Morgan fingerprint density at radius 3 is 0.745 bits per heavy atom. The van der Waals surface area contributed by atoms with Gasteiger partial charge in [0.15, 0.2) is 0 Å². The molecule has 497 valence electrons. The Morgan fingerprint density at radius 1 is 0.286 bits per heavy atom. The van der Waals surface area contributed by atoms with E-state index in [1.54, 1.807) is 28.2 Å². The summed E-state index contributed by atoms with van der Waals surface area (Å²) in [4.78, 5) is 13.8. The van der Waals surface area contributed by atoms with E-state index in [1.165, 1.54) is 16.7 Å². The zero-order valence-corrected chi connectivity index (χ0v) is 61.7. The van der Waals surface area contributed by atoms with Gasteiger partial charge in [0.1, 0.15) is 0 Å². The Kier molecular flexibility index (Phi) is 29.9. The second kappa shape index (κ2) is 38.0. The Labute approximate surface area is 596 Å². The fraction of sp³-hybridized carbons (Fsp3) is 0.191. The summed E-state index contributed by atoms with van der Waals surface area (Å²) < 4.78 is 0. The van der Waals surface area contributed by atoms with Crippen molar-refractivity contribution in [3.05, 3.63) is 333 Å². The van der Waals surface area contributed by atoms with Gasteiger partial charge in [-0.15, -0.1) is 0 Å². The van der Waals surface area contributed by atoms with Crippen LogP contribution in [0.1, 0.15) is 61.2 Å². The number of rotatable bonds is 8. The number of anilines is 2.